The fourth-order valence-corrected chi connectivity index (χ4v) is 2.40. The van der Waals surface area contributed by atoms with E-state index in [0.717, 1.165) is 38.5 Å². The van der Waals surface area contributed by atoms with E-state index in [-0.39, 0.29) is 11.1 Å². The van der Waals surface area contributed by atoms with Crippen molar-refractivity contribution in [3.8, 4) is 0 Å². The summed E-state index contributed by atoms with van der Waals surface area (Å²) in [5.41, 5.74) is 5.47. The van der Waals surface area contributed by atoms with Crippen molar-refractivity contribution >= 4 is 0 Å². The van der Waals surface area contributed by atoms with Crippen molar-refractivity contribution in [1.82, 2.24) is 10.1 Å². The summed E-state index contributed by atoms with van der Waals surface area (Å²) in [6.45, 7) is 0. The molecule has 0 aromatic carbocycles. The van der Waals surface area contributed by atoms with Crippen molar-refractivity contribution in [2.24, 2.45) is 5.73 Å². The van der Waals surface area contributed by atoms with Gasteiger partial charge in [-0.05, 0) is 38.5 Å². The standard InChI is InChI=1S/C11H17N3O2/c1-15-11(6-3-7-11)8-13-9(16-14-8)10(12)4-2-5-10/h2-7,12H2,1H3. The number of methoxy groups -OCH3 is 1. The Morgan fingerprint density at radius 1 is 1.25 bits per heavy atom. The first-order valence-corrected chi connectivity index (χ1v) is 5.87. The molecule has 16 heavy (non-hydrogen) atoms. The molecule has 1 aromatic rings. The largest absolute Gasteiger partial charge is 0.370 e. The van der Waals surface area contributed by atoms with Gasteiger partial charge in [0.1, 0.15) is 5.60 Å². The SMILES string of the molecule is COC1(c2noc(C3(N)CCC3)n2)CCC1. The van der Waals surface area contributed by atoms with Gasteiger partial charge in [0.05, 0.1) is 5.54 Å². The van der Waals surface area contributed by atoms with E-state index >= 15 is 0 Å². The topological polar surface area (TPSA) is 74.2 Å². The highest BCUT2D eigenvalue weighted by Gasteiger charge is 2.46. The highest BCUT2D eigenvalue weighted by atomic mass is 16.5. The van der Waals surface area contributed by atoms with E-state index in [1.807, 2.05) is 0 Å². The normalized spacial score (nSPS) is 25.9. The molecule has 2 aliphatic carbocycles. The van der Waals surface area contributed by atoms with Crippen LogP contribution in [0.25, 0.3) is 0 Å². The second-order valence-electron chi connectivity index (χ2n) is 4.98. The summed E-state index contributed by atoms with van der Waals surface area (Å²) >= 11 is 0. The molecule has 0 unspecified atom stereocenters. The van der Waals surface area contributed by atoms with Gasteiger partial charge < -0.3 is 15.0 Å². The van der Waals surface area contributed by atoms with Crippen LogP contribution in [-0.2, 0) is 15.9 Å². The van der Waals surface area contributed by atoms with E-state index in [1.165, 1.54) is 0 Å². The second kappa shape index (κ2) is 3.28. The van der Waals surface area contributed by atoms with Gasteiger partial charge in [-0.15, -0.1) is 0 Å². The quantitative estimate of drug-likeness (QED) is 0.839. The predicted octanol–water partition coefficient (Wildman–Crippen LogP) is 1.43. The van der Waals surface area contributed by atoms with E-state index in [0.29, 0.717) is 11.7 Å². The third kappa shape index (κ3) is 1.25. The molecule has 0 amide bonds. The average Bonchev–Trinajstić information content (AvgIpc) is 2.63. The lowest BCUT2D eigenvalue weighted by molar-refractivity contribution is -0.0858. The summed E-state index contributed by atoms with van der Waals surface area (Å²) in [5, 5.41) is 4.04. The molecule has 2 N–H and O–H groups in total. The Kier molecular flexibility index (Phi) is 2.09. The van der Waals surface area contributed by atoms with Crippen LogP contribution in [0.1, 0.15) is 50.2 Å². The Morgan fingerprint density at radius 2 is 1.94 bits per heavy atom. The first kappa shape index (κ1) is 10.2. The maximum Gasteiger partial charge on any atom is 0.246 e. The van der Waals surface area contributed by atoms with E-state index in [2.05, 4.69) is 10.1 Å². The second-order valence-corrected chi connectivity index (χ2v) is 4.98. The van der Waals surface area contributed by atoms with Gasteiger partial charge in [0.15, 0.2) is 0 Å². The van der Waals surface area contributed by atoms with Gasteiger partial charge >= 0.3 is 0 Å². The average molecular weight is 223 g/mol. The van der Waals surface area contributed by atoms with E-state index in [1.54, 1.807) is 7.11 Å². The number of nitrogens with zero attached hydrogens (tertiary/aromatic N) is 2. The Balaban J connectivity index is 1.87. The minimum Gasteiger partial charge on any atom is -0.370 e. The minimum atomic E-state index is -0.371. The number of hydrogen-bond acceptors (Lipinski definition) is 5. The van der Waals surface area contributed by atoms with Crippen molar-refractivity contribution in [3.63, 3.8) is 0 Å². The maximum absolute atomic E-state index is 6.14. The van der Waals surface area contributed by atoms with Crippen molar-refractivity contribution in [2.75, 3.05) is 7.11 Å². The molecule has 0 saturated heterocycles. The number of aromatic nitrogens is 2. The molecule has 0 aliphatic heterocycles. The van der Waals surface area contributed by atoms with Crippen LogP contribution < -0.4 is 5.73 Å². The summed E-state index contributed by atoms with van der Waals surface area (Å²) in [6.07, 6.45) is 6.12. The molecular formula is C11H17N3O2. The molecule has 2 aliphatic rings. The molecule has 5 nitrogen and oxygen atoms in total. The monoisotopic (exact) mass is 223 g/mol. The van der Waals surface area contributed by atoms with Crippen LogP contribution in [0.3, 0.4) is 0 Å². The lowest BCUT2D eigenvalue weighted by atomic mass is 9.77. The van der Waals surface area contributed by atoms with Gasteiger partial charge in [-0.25, -0.2) is 0 Å². The van der Waals surface area contributed by atoms with Crippen molar-refractivity contribution < 1.29 is 9.26 Å². The molecule has 0 atom stereocenters. The van der Waals surface area contributed by atoms with Crippen LogP contribution in [0.2, 0.25) is 0 Å². The van der Waals surface area contributed by atoms with E-state index in [9.17, 15) is 0 Å². The smallest absolute Gasteiger partial charge is 0.246 e. The van der Waals surface area contributed by atoms with Gasteiger partial charge in [0.2, 0.25) is 11.7 Å². The molecule has 2 saturated carbocycles. The predicted molar refractivity (Wildman–Crippen MR) is 56.6 cm³/mol. The first-order valence-electron chi connectivity index (χ1n) is 5.87. The molecule has 0 bridgehead atoms. The fourth-order valence-electron chi connectivity index (χ4n) is 2.40. The zero-order chi connectivity index (χ0) is 11.2. The molecule has 0 spiro atoms. The summed E-state index contributed by atoms with van der Waals surface area (Å²) < 4.78 is 10.8. The highest BCUT2D eigenvalue weighted by Crippen LogP contribution is 2.44. The van der Waals surface area contributed by atoms with E-state index < -0.39 is 0 Å². The molecule has 88 valence electrons. The number of hydrogen-bond donors (Lipinski definition) is 1. The maximum atomic E-state index is 6.14. The lowest BCUT2D eigenvalue weighted by Gasteiger charge is -2.37. The molecule has 2 fully saturated rings. The van der Waals surface area contributed by atoms with E-state index in [4.69, 9.17) is 15.0 Å². The van der Waals surface area contributed by atoms with Gasteiger partial charge in [0.25, 0.3) is 0 Å². The lowest BCUT2D eigenvalue weighted by Crippen LogP contribution is -2.44. The molecule has 5 heteroatoms. The van der Waals surface area contributed by atoms with Crippen LogP contribution in [0, 0.1) is 0 Å². The summed E-state index contributed by atoms with van der Waals surface area (Å²) in [7, 11) is 1.71. The van der Waals surface area contributed by atoms with Gasteiger partial charge in [-0.2, -0.15) is 4.98 Å². The fraction of sp³-hybridized carbons (Fsp3) is 0.818. The van der Waals surface area contributed by atoms with Gasteiger partial charge in [0, 0.05) is 7.11 Å². The van der Waals surface area contributed by atoms with Crippen LogP contribution in [0.15, 0.2) is 4.52 Å². The molecule has 3 rings (SSSR count). The van der Waals surface area contributed by atoms with Crippen molar-refractivity contribution in [1.29, 1.82) is 0 Å². The van der Waals surface area contributed by atoms with Crippen LogP contribution in [0.4, 0.5) is 0 Å². The summed E-state index contributed by atoms with van der Waals surface area (Å²) in [5.74, 6) is 1.25. The molecule has 1 heterocycles. The molecule has 0 radical (unpaired) electrons. The Bertz CT molecular complexity index is 388. The third-order valence-corrected chi connectivity index (χ3v) is 4.06. The van der Waals surface area contributed by atoms with Crippen LogP contribution in [0.5, 0.6) is 0 Å². The Morgan fingerprint density at radius 3 is 2.38 bits per heavy atom. The zero-order valence-electron chi connectivity index (χ0n) is 9.53. The molecule has 1 aromatic heterocycles. The molecular weight excluding hydrogens is 206 g/mol. The van der Waals surface area contributed by atoms with Crippen LogP contribution in [-0.4, -0.2) is 17.3 Å². The number of nitrogens with two attached hydrogens (primary N) is 1. The number of ether oxygens (including phenoxy) is 1. The Hall–Kier alpha value is -0.940. The summed E-state index contributed by atoms with van der Waals surface area (Å²) in [4.78, 5) is 4.44. The Labute approximate surface area is 94.3 Å². The van der Waals surface area contributed by atoms with Gasteiger partial charge in [-0.1, -0.05) is 5.16 Å². The van der Waals surface area contributed by atoms with Gasteiger partial charge in [-0.3, -0.25) is 0 Å². The first-order chi connectivity index (χ1) is 7.69. The number of rotatable bonds is 3. The van der Waals surface area contributed by atoms with Crippen molar-refractivity contribution in [2.45, 2.75) is 49.7 Å². The van der Waals surface area contributed by atoms with Crippen LogP contribution >= 0.6 is 0 Å². The third-order valence-electron chi connectivity index (χ3n) is 4.06. The zero-order valence-corrected chi connectivity index (χ0v) is 9.53. The summed E-state index contributed by atoms with van der Waals surface area (Å²) in [6, 6.07) is 0. The minimum absolute atomic E-state index is 0.304. The highest BCUT2D eigenvalue weighted by molar-refractivity contribution is 5.12. The van der Waals surface area contributed by atoms with Crippen molar-refractivity contribution in [3.05, 3.63) is 11.7 Å².